The van der Waals surface area contributed by atoms with Gasteiger partial charge in [0, 0.05) is 5.69 Å². The molecule has 0 spiro atoms. The van der Waals surface area contributed by atoms with E-state index < -0.39 is 23.3 Å². The fourth-order valence-corrected chi connectivity index (χ4v) is 1.66. The van der Waals surface area contributed by atoms with E-state index in [4.69, 9.17) is 9.84 Å². The maximum absolute atomic E-state index is 12.7. The van der Waals surface area contributed by atoms with Crippen molar-refractivity contribution in [3.05, 3.63) is 53.3 Å². The predicted octanol–water partition coefficient (Wildman–Crippen LogP) is 3.90. The zero-order valence-electron chi connectivity index (χ0n) is 10.8. The van der Waals surface area contributed by atoms with Crippen molar-refractivity contribution < 1.29 is 27.8 Å². The Labute approximate surface area is 117 Å². The first-order valence-corrected chi connectivity index (χ1v) is 5.82. The zero-order valence-corrected chi connectivity index (χ0v) is 10.8. The van der Waals surface area contributed by atoms with Crippen LogP contribution in [0.25, 0.3) is 0 Å². The molecule has 0 fully saturated rings. The molecule has 7 heteroatoms. The van der Waals surface area contributed by atoms with Gasteiger partial charge in [0.25, 0.3) is 0 Å². The molecule has 0 bridgehead atoms. The van der Waals surface area contributed by atoms with Gasteiger partial charge in [0.1, 0.15) is 11.5 Å². The molecule has 0 aliphatic carbocycles. The van der Waals surface area contributed by atoms with Crippen molar-refractivity contribution in [3.63, 3.8) is 0 Å². The number of hydrogen-bond donors (Lipinski definition) is 1. The van der Waals surface area contributed by atoms with E-state index in [2.05, 4.69) is 4.98 Å². The topological polar surface area (TPSA) is 59.4 Å². The molecule has 2 aromatic rings. The Hall–Kier alpha value is -2.57. The summed E-state index contributed by atoms with van der Waals surface area (Å²) in [4.78, 5) is 14.9. The fourth-order valence-electron chi connectivity index (χ4n) is 1.66. The van der Waals surface area contributed by atoms with Crippen LogP contribution in [-0.4, -0.2) is 16.1 Å². The smallest absolute Gasteiger partial charge is 0.417 e. The Morgan fingerprint density at radius 2 is 1.86 bits per heavy atom. The van der Waals surface area contributed by atoms with Gasteiger partial charge in [-0.2, -0.15) is 13.2 Å². The predicted molar refractivity (Wildman–Crippen MR) is 67.5 cm³/mol. The van der Waals surface area contributed by atoms with Gasteiger partial charge in [-0.1, -0.05) is 0 Å². The van der Waals surface area contributed by atoms with Crippen LogP contribution in [0.3, 0.4) is 0 Å². The number of aromatic nitrogens is 1. The summed E-state index contributed by atoms with van der Waals surface area (Å²) in [5.41, 5.74) is -1.33. The van der Waals surface area contributed by atoms with E-state index in [0.717, 1.165) is 17.8 Å². The lowest BCUT2D eigenvalue weighted by Crippen LogP contribution is -2.12. The van der Waals surface area contributed by atoms with Gasteiger partial charge in [0.05, 0.1) is 17.3 Å². The molecule has 0 unspecified atom stereocenters. The summed E-state index contributed by atoms with van der Waals surface area (Å²) < 4.78 is 43.4. The summed E-state index contributed by atoms with van der Waals surface area (Å²) in [6, 6.07) is 5.83. The van der Waals surface area contributed by atoms with Gasteiger partial charge in [-0.3, -0.25) is 4.98 Å². The SMILES string of the molecule is Cc1ccc(Oc2ccc(C(F)(F)F)c(C(=O)O)c2)cn1. The molecule has 0 radical (unpaired) electrons. The van der Waals surface area contributed by atoms with Gasteiger partial charge >= 0.3 is 12.1 Å². The lowest BCUT2D eigenvalue weighted by molar-refractivity contribution is -0.138. The molecule has 0 saturated heterocycles. The van der Waals surface area contributed by atoms with Crippen molar-refractivity contribution in [1.82, 2.24) is 4.98 Å². The third-order valence-corrected chi connectivity index (χ3v) is 2.65. The Balaban J connectivity index is 2.36. The van der Waals surface area contributed by atoms with E-state index in [1.54, 1.807) is 19.1 Å². The first-order chi connectivity index (χ1) is 9.77. The van der Waals surface area contributed by atoms with Gasteiger partial charge in [0.15, 0.2) is 0 Å². The molecule has 0 aliphatic heterocycles. The van der Waals surface area contributed by atoms with Crippen molar-refractivity contribution in [1.29, 1.82) is 0 Å². The molecule has 2 rings (SSSR count). The summed E-state index contributed by atoms with van der Waals surface area (Å²) in [6.07, 6.45) is -3.34. The molecule has 21 heavy (non-hydrogen) atoms. The molecule has 1 aromatic carbocycles. The highest BCUT2D eigenvalue weighted by Gasteiger charge is 2.35. The molecular weight excluding hydrogens is 287 g/mol. The molecule has 4 nitrogen and oxygen atoms in total. The molecule has 110 valence electrons. The first kappa shape index (κ1) is 14.8. The lowest BCUT2D eigenvalue weighted by Gasteiger charge is -2.12. The minimum Gasteiger partial charge on any atom is -0.478 e. The molecule has 0 atom stereocenters. The minimum absolute atomic E-state index is 0.00828. The number of benzene rings is 1. The Kier molecular flexibility index (Phi) is 3.84. The molecule has 0 saturated carbocycles. The maximum Gasteiger partial charge on any atom is 0.417 e. The number of carboxylic acid groups (broad SMARTS) is 1. The lowest BCUT2D eigenvalue weighted by atomic mass is 10.1. The van der Waals surface area contributed by atoms with E-state index in [1.807, 2.05) is 0 Å². The van der Waals surface area contributed by atoms with Crippen molar-refractivity contribution >= 4 is 5.97 Å². The highest BCUT2D eigenvalue weighted by Crippen LogP contribution is 2.34. The summed E-state index contributed by atoms with van der Waals surface area (Å²) in [7, 11) is 0. The molecule has 1 heterocycles. The number of pyridine rings is 1. The van der Waals surface area contributed by atoms with Crippen LogP contribution in [0.4, 0.5) is 13.2 Å². The second-order valence-corrected chi connectivity index (χ2v) is 4.25. The second kappa shape index (κ2) is 5.43. The summed E-state index contributed by atoms with van der Waals surface area (Å²) in [5, 5.41) is 8.89. The average molecular weight is 297 g/mol. The van der Waals surface area contributed by atoms with Crippen LogP contribution < -0.4 is 4.74 Å². The Morgan fingerprint density at radius 1 is 1.19 bits per heavy atom. The van der Waals surface area contributed by atoms with Gasteiger partial charge in [-0.25, -0.2) is 4.79 Å². The second-order valence-electron chi connectivity index (χ2n) is 4.25. The number of rotatable bonds is 3. The summed E-state index contributed by atoms with van der Waals surface area (Å²) in [5.74, 6) is -1.38. The normalized spacial score (nSPS) is 11.2. The van der Waals surface area contributed by atoms with E-state index in [9.17, 15) is 18.0 Å². The Morgan fingerprint density at radius 3 is 2.38 bits per heavy atom. The van der Waals surface area contributed by atoms with Crippen LogP contribution >= 0.6 is 0 Å². The van der Waals surface area contributed by atoms with Crippen LogP contribution in [0.5, 0.6) is 11.5 Å². The molecule has 0 aliphatic rings. The largest absolute Gasteiger partial charge is 0.478 e. The number of aryl methyl sites for hydroxylation is 1. The van der Waals surface area contributed by atoms with Crippen molar-refractivity contribution in [2.75, 3.05) is 0 Å². The number of aromatic carboxylic acids is 1. The number of ether oxygens (including phenoxy) is 1. The van der Waals surface area contributed by atoms with Crippen molar-refractivity contribution in [3.8, 4) is 11.5 Å². The zero-order chi connectivity index (χ0) is 15.6. The highest BCUT2D eigenvalue weighted by molar-refractivity contribution is 5.90. The van der Waals surface area contributed by atoms with E-state index in [1.165, 1.54) is 6.20 Å². The van der Waals surface area contributed by atoms with E-state index in [-0.39, 0.29) is 5.75 Å². The van der Waals surface area contributed by atoms with Crippen LogP contribution in [0, 0.1) is 6.92 Å². The van der Waals surface area contributed by atoms with Gasteiger partial charge in [-0.15, -0.1) is 0 Å². The quantitative estimate of drug-likeness (QED) is 0.933. The number of alkyl halides is 3. The maximum atomic E-state index is 12.7. The van der Waals surface area contributed by atoms with E-state index >= 15 is 0 Å². The van der Waals surface area contributed by atoms with Crippen molar-refractivity contribution in [2.45, 2.75) is 13.1 Å². The van der Waals surface area contributed by atoms with Gasteiger partial charge in [-0.05, 0) is 37.3 Å². The molecule has 0 amide bonds. The number of halogens is 3. The number of carboxylic acids is 1. The first-order valence-electron chi connectivity index (χ1n) is 5.82. The third-order valence-electron chi connectivity index (χ3n) is 2.65. The number of carbonyl (C=O) groups is 1. The standard InChI is InChI=1S/C14H10F3NO3/c1-8-2-3-10(7-18-8)21-9-4-5-12(14(15,16)17)11(6-9)13(19)20/h2-7H,1H3,(H,19,20). The average Bonchev–Trinajstić information content (AvgIpc) is 2.40. The fraction of sp³-hybridized carbons (Fsp3) is 0.143. The molecular formula is C14H10F3NO3. The van der Waals surface area contributed by atoms with Crippen LogP contribution in [0.15, 0.2) is 36.5 Å². The summed E-state index contributed by atoms with van der Waals surface area (Å²) >= 11 is 0. The van der Waals surface area contributed by atoms with Crippen molar-refractivity contribution in [2.24, 2.45) is 0 Å². The third kappa shape index (κ3) is 3.50. The monoisotopic (exact) mass is 297 g/mol. The van der Waals surface area contributed by atoms with Crippen LogP contribution in [0.2, 0.25) is 0 Å². The van der Waals surface area contributed by atoms with Gasteiger partial charge in [0.2, 0.25) is 0 Å². The molecule has 1 N–H and O–H groups in total. The van der Waals surface area contributed by atoms with E-state index in [0.29, 0.717) is 11.8 Å². The highest BCUT2D eigenvalue weighted by atomic mass is 19.4. The van der Waals surface area contributed by atoms with Crippen LogP contribution in [-0.2, 0) is 6.18 Å². The van der Waals surface area contributed by atoms with Gasteiger partial charge < -0.3 is 9.84 Å². The van der Waals surface area contributed by atoms with Crippen LogP contribution in [0.1, 0.15) is 21.6 Å². The number of hydrogen-bond acceptors (Lipinski definition) is 3. The summed E-state index contributed by atoms with van der Waals surface area (Å²) in [6.45, 7) is 1.77. The molecule has 1 aromatic heterocycles. The minimum atomic E-state index is -4.74. The number of nitrogens with zero attached hydrogens (tertiary/aromatic N) is 1. The Bertz CT molecular complexity index is 666.